The zero-order valence-corrected chi connectivity index (χ0v) is 14.1. The summed E-state index contributed by atoms with van der Waals surface area (Å²) in [6, 6.07) is 15.1. The standard InChI is InChI=1S/C22H14N2O3/c25-22(26)19-10-14(17-11-23-24-12-17)6-7-20(19)27-18-8-15-3-1-2-13-4-5-16(9-18)21(13)15/h1-12H,(H,23,24)(H,25,26). The van der Waals surface area contributed by atoms with E-state index < -0.39 is 5.97 Å². The highest BCUT2D eigenvalue weighted by atomic mass is 16.5. The number of hydrogen-bond donors (Lipinski definition) is 2. The first-order valence-electron chi connectivity index (χ1n) is 8.48. The summed E-state index contributed by atoms with van der Waals surface area (Å²) in [6.45, 7) is 0. The van der Waals surface area contributed by atoms with Crippen LogP contribution in [0.4, 0.5) is 0 Å². The van der Waals surface area contributed by atoms with Gasteiger partial charge in [-0.3, -0.25) is 5.10 Å². The number of nitrogens with zero attached hydrogens (tertiary/aromatic N) is 1. The van der Waals surface area contributed by atoms with Crippen molar-refractivity contribution in [2.24, 2.45) is 0 Å². The number of carboxylic acid groups (broad SMARTS) is 1. The first-order valence-corrected chi connectivity index (χ1v) is 8.48. The molecule has 0 bridgehead atoms. The minimum Gasteiger partial charge on any atom is -0.478 e. The van der Waals surface area contributed by atoms with Crippen LogP contribution in [0.5, 0.6) is 11.5 Å². The number of aromatic nitrogens is 2. The van der Waals surface area contributed by atoms with Crippen molar-refractivity contribution in [1.29, 1.82) is 0 Å². The molecule has 0 spiro atoms. The van der Waals surface area contributed by atoms with Crippen LogP contribution >= 0.6 is 0 Å². The molecule has 5 rings (SSSR count). The number of carboxylic acids is 1. The number of aromatic amines is 1. The van der Waals surface area contributed by atoms with Crippen molar-refractivity contribution < 1.29 is 14.6 Å². The molecular formula is C22H14N2O3. The summed E-state index contributed by atoms with van der Waals surface area (Å²) in [5.41, 5.74) is 3.95. The fraction of sp³-hybridized carbons (Fsp3) is 0. The number of ether oxygens (including phenoxy) is 1. The Balaban J connectivity index is 1.57. The Kier molecular flexibility index (Phi) is 3.33. The Labute approximate surface area is 154 Å². The second-order valence-corrected chi connectivity index (χ2v) is 6.40. The minimum atomic E-state index is -1.04. The van der Waals surface area contributed by atoms with Crippen molar-refractivity contribution in [2.75, 3.05) is 0 Å². The maximum absolute atomic E-state index is 11.8. The number of rotatable bonds is 4. The summed E-state index contributed by atoms with van der Waals surface area (Å²) in [5.74, 6) is -0.123. The van der Waals surface area contributed by atoms with Crippen molar-refractivity contribution in [3.8, 4) is 22.6 Å². The summed E-state index contributed by atoms with van der Waals surface area (Å²) >= 11 is 0. The van der Waals surface area contributed by atoms with Gasteiger partial charge >= 0.3 is 5.97 Å². The van der Waals surface area contributed by atoms with Crippen LogP contribution in [-0.4, -0.2) is 21.3 Å². The molecule has 1 aliphatic rings. The minimum absolute atomic E-state index is 0.106. The molecule has 0 saturated carbocycles. The average Bonchev–Trinajstić information content (AvgIpc) is 3.33. The van der Waals surface area contributed by atoms with Gasteiger partial charge in [0.1, 0.15) is 17.1 Å². The van der Waals surface area contributed by atoms with Crippen molar-refractivity contribution in [3.63, 3.8) is 0 Å². The zero-order chi connectivity index (χ0) is 18.4. The van der Waals surface area contributed by atoms with Gasteiger partial charge in [0.05, 0.1) is 6.20 Å². The summed E-state index contributed by atoms with van der Waals surface area (Å²) < 4.78 is 5.98. The molecule has 0 amide bonds. The fourth-order valence-corrected chi connectivity index (χ4v) is 3.47. The molecule has 0 saturated heterocycles. The van der Waals surface area contributed by atoms with E-state index in [1.807, 2.05) is 36.4 Å². The predicted octanol–water partition coefficient (Wildman–Crippen LogP) is 5.20. The molecule has 27 heavy (non-hydrogen) atoms. The quantitative estimate of drug-likeness (QED) is 0.465. The molecule has 1 aromatic heterocycles. The van der Waals surface area contributed by atoms with Gasteiger partial charge in [0, 0.05) is 11.8 Å². The van der Waals surface area contributed by atoms with E-state index in [4.69, 9.17) is 4.74 Å². The number of hydrogen-bond acceptors (Lipinski definition) is 3. The lowest BCUT2D eigenvalue weighted by Gasteiger charge is -2.12. The molecule has 3 aromatic carbocycles. The lowest BCUT2D eigenvalue weighted by Crippen LogP contribution is -2.00. The van der Waals surface area contributed by atoms with Crippen molar-refractivity contribution in [3.05, 3.63) is 77.6 Å². The molecule has 0 unspecified atom stereocenters. The van der Waals surface area contributed by atoms with E-state index in [-0.39, 0.29) is 5.56 Å². The molecule has 0 aliphatic heterocycles. The summed E-state index contributed by atoms with van der Waals surface area (Å²) in [4.78, 5) is 11.8. The van der Waals surface area contributed by atoms with Crippen molar-refractivity contribution in [1.82, 2.24) is 10.2 Å². The fourth-order valence-electron chi connectivity index (χ4n) is 3.47. The second kappa shape index (κ2) is 5.85. The second-order valence-electron chi connectivity index (χ2n) is 6.40. The number of H-pyrrole nitrogens is 1. The molecule has 1 heterocycles. The molecule has 5 nitrogen and oxygen atoms in total. The Morgan fingerprint density at radius 1 is 1.00 bits per heavy atom. The van der Waals surface area contributed by atoms with Gasteiger partial charge in [0.15, 0.2) is 0 Å². The van der Waals surface area contributed by atoms with Crippen LogP contribution in [-0.2, 0) is 0 Å². The normalized spacial score (nSPS) is 11.9. The van der Waals surface area contributed by atoms with E-state index in [0.29, 0.717) is 11.5 Å². The molecule has 5 heteroatoms. The maximum atomic E-state index is 11.8. The molecule has 2 N–H and O–H groups in total. The highest BCUT2D eigenvalue weighted by Crippen LogP contribution is 2.37. The number of carbonyl (C=O) groups is 1. The van der Waals surface area contributed by atoms with Crippen LogP contribution in [0.25, 0.3) is 34.1 Å². The monoisotopic (exact) mass is 354 g/mol. The third kappa shape index (κ3) is 2.57. The third-order valence-corrected chi connectivity index (χ3v) is 4.72. The smallest absolute Gasteiger partial charge is 0.339 e. The van der Waals surface area contributed by atoms with Crippen molar-refractivity contribution in [2.45, 2.75) is 0 Å². The van der Waals surface area contributed by atoms with Gasteiger partial charge in [-0.1, -0.05) is 36.4 Å². The van der Waals surface area contributed by atoms with Crippen LogP contribution in [0.2, 0.25) is 0 Å². The summed E-state index contributed by atoms with van der Waals surface area (Å²) in [6.07, 6.45) is 7.49. The van der Waals surface area contributed by atoms with E-state index in [9.17, 15) is 9.90 Å². The average molecular weight is 354 g/mol. The van der Waals surface area contributed by atoms with E-state index in [1.54, 1.807) is 24.5 Å². The number of aromatic carboxylic acids is 1. The van der Waals surface area contributed by atoms with Gasteiger partial charge in [-0.05, 0) is 51.7 Å². The number of nitrogens with one attached hydrogen (secondary N) is 1. The molecule has 0 atom stereocenters. The highest BCUT2D eigenvalue weighted by Gasteiger charge is 2.16. The van der Waals surface area contributed by atoms with Gasteiger partial charge in [-0.15, -0.1) is 0 Å². The van der Waals surface area contributed by atoms with Gasteiger partial charge in [-0.2, -0.15) is 5.10 Å². The van der Waals surface area contributed by atoms with Crippen LogP contribution in [0, 0.1) is 0 Å². The van der Waals surface area contributed by atoms with Crippen LogP contribution in [0.3, 0.4) is 0 Å². The first kappa shape index (κ1) is 15.4. The first-order chi connectivity index (χ1) is 13.2. The van der Waals surface area contributed by atoms with Gasteiger partial charge in [0.2, 0.25) is 0 Å². The third-order valence-electron chi connectivity index (χ3n) is 4.72. The maximum Gasteiger partial charge on any atom is 0.339 e. The molecular weight excluding hydrogens is 340 g/mol. The molecule has 0 fully saturated rings. The molecule has 4 aromatic rings. The lowest BCUT2D eigenvalue weighted by atomic mass is 10.0. The van der Waals surface area contributed by atoms with Gasteiger partial charge < -0.3 is 9.84 Å². The largest absolute Gasteiger partial charge is 0.478 e. The van der Waals surface area contributed by atoms with E-state index >= 15 is 0 Å². The Morgan fingerprint density at radius 2 is 1.89 bits per heavy atom. The van der Waals surface area contributed by atoms with E-state index in [1.165, 1.54) is 10.9 Å². The van der Waals surface area contributed by atoms with E-state index in [0.717, 1.165) is 22.1 Å². The van der Waals surface area contributed by atoms with Crippen LogP contribution < -0.4 is 4.74 Å². The Morgan fingerprint density at radius 3 is 2.70 bits per heavy atom. The molecule has 1 aliphatic carbocycles. The van der Waals surface area contributed by atoms with E-state index in [2.05, 4.69) is 22.3 Å². The Hall–Kier alpha value is -3.86. The lowest BCUT2D eigenvalue weighted by molar-refractivity contribution is 0.0694. The zero-order valence-electron chi connectivity index (χ0n) is 14.1. The highest BCUT2D eigenvalue weighted by molar-refractivity contribution is 6.05. The topological polar surface area (TPSA) is 75.2 Å². The van der Waals surface area contributed by atoms with Gasteiger partial charge in [0.25, 0.3) is 0 Å². The molecule has 0 radical (unpaired) electrons. The predicted molar refractivity (Wildman–Crippen MR) is 104 cm³/mol. The summed E-state index contributed by atoms with van der Waals surface area (Å²) in [7, 11) is 0. The van der Waals surface area contributed by atoms with Crippen molar-refractivity contribution >= 4 is 28.9 Å². The van der Waals surface area contributed by atoms with Gasteiger partial charge in [-0.25, -0.2) is 4.79 Å². The van der Waals surface area contributed by atoms with Crippen LogP contribution in [0.15, 0.2) is 60.9 Å². The summed E-state index contributed by atoms with van der Waals surface area (Å²) in [5, 5.41) is 18.5. The SMILES string of the molecule is O=C(O)c1cc(-c2cn[nH]c2)ccc1Oc1cc2c3c(cccc3c1)C=C2. The van der Waals surface area contributed by atoms with Crippen LogP contribution in [0.1, 0.15) is 21.5 Å². The molecule has 130 valence electrons. The Bertz CT molecular complexity index is 1220. The number of benzene rings is 3.